The van der Waals surface area contributed by atoms with Gasteiger partial charge in [-0.1, -0.05) is 88.3 Å². The number of carbonyl (C=O) groups is 1. The number of allylic oxidation sites excluding steroid dienone is 5. The Balaban J connectivity index is 1.63. The first-order valence-electron chi connectivity index (χ1n) is 22.2. The molecule has 62 heavy (non-hydrogen) atoms. The highest BCUT2D eigenvalue weighted by Gasteiger charge is 2.53. The highest BCUT2D eigenvalue weighted by molar-refractivity contribution is 5.76. The third-order valence-electron chi connectivity index (χ3n) is 11.3. The third kappa shape index (κ3) is 16.8. The van der Waals surface area contributed by atoms with E-state index in [-0.39, 0.29) is 18.9 Å². The summed E-state index contributed by atoms with van der Waals surface area (Å²) in [6, 6.07) is -0.987. The first-order valence-corrected chi connectivity index (χ1v) is 22.2. The summed E-state index contributed by atoms with van der Waals surface area (Å²) in [5, 5.41) is 119. The van der Waals surface area contributed by atoms with Gasteiger partial charge in [0.1, 0.15) is 73.2 Å². The third-order valence-corrected chi connectivity index (χ3v) is 11.3. The molecule has 19 heteroatoms. The summed E-state index contributed by atoms with van der Waals surface area (Å²) in [4.78, 5) is 13.0. The summed E-state index contributed by atoms with van der Waals surface area (Å²) >= 11 is 0. The Labute approximate surface area is 364 Å². The molecule has 0 spiro atoms. The van der Waals surface area contributed by atoms with Crippen molar-refractivity contribution in [3.05, 3.63) is 36.5 Å². The summed E-state index contributed by atoms with van der Waals surface area (Å²) in [6.07, 6.45) is -3.41. The Bertz CT molecular complexity index is 1300. The predicted octanol–water partition coefficient (Wildman–Crippen LogP) is -0.923. The van der Waals surface area contributed by atoms with Crippen LogP contribution in [0, 0.1) is 0 Å². The molecule has 19 nitrogen and oxygen atoms in total. The summed E-state index contributed by atoms with van der Waals surface area (Å²) in [7, 11) is 0. The number of hydrogen-bond acceptors (Lipinski definition) is 18. The van der Waals surface area contributed by atoms with Crippen molar-refractivity contribution in [3.63, 3.8) is 0 Å². The van der Waals surface area contributed by atoms with Crippen molar-refractivity contribution in [2.24, 2.45) is 0 Å². The number of rotatable bonds is 28. The minimum atomic E-state index is -1.98. The van der Waals surface area contributed by atoms with Crippen LogP contribution in [0.1, 0.15) is 97.3 Å². The number of hydrogen-bond donors (Lipinski definition) is 12. The molecule has 17 unspecified atom stereocenters. The molecule has 0 aliphatic carbocycles. The van der Waals surface area contributed by atoms with E-state index in [4.69, 9.17) is 28.4 Å². The lowest BCUT2D eigenvalue weighted by molar-refractivity contribution is -0.379. The first-order chi connectivity index (χ1) is 29.8. The molecule has 3 fully saturated rings. The lowest BCUT2D eigenvalue weighted by atomic mass is 9.96. The molecular formula is C43H75NO18. The van der Waals surface area contributed by atoms with Crippen LogP contribution >= 0.6 is 0 Å². The van der Waals surface area contributed by atoms with Crippen LogP contribution in [-0.2, 0) is 33.2 Å². The fourth-order valence-corrected chi connectivity index (χ4v) is 7.46. The minimum Gasteiger partial charge on any atom is -0.394 e. The van der Waals surface area contributed by atoms with E-state index in [9.17, 15) is 61.0 Å². The van der Waals surface area contributed by atoms with E-state index in [1.165, 1.54) is 19.3 Å². The van der Waals surface area contributed by atoms with Crippen LogP contribution in [-0.4, -0.2) is 193 Å². The second-order valence-corrected chi connectivity index (χ2v) is 16.2. The Kier molecular flexibility index (Phi) is 25.9. The van der Waals surface area contributed by atoms with E-state index in [2.05, 4.69) is 30.5 Å². The van der Waals surface area contributed by atoms with Gasteiger partial charge >= 0.3 is 0 Å². The van der Waals surface area contributed by atoms with E-state index in [0.29, 0.717) is 12.8 Å². The molecule has 0 radical (unpaired) electrons. The van der Waals surface area contributed by atoms with Crippen molar-refractivity contribution in [1.29, 1.82) is 0 Å². The fourth-order valence-electron chi connectivity index (χ4n) is 7.46. The van der Waals surface area contributed by atoms with Gasteiger partial charge in [0.05, 0.1) is 38.6 Å². The van der Waals surface area contributed by atoms with Gasteiger partial charge < -0.3 is 89.9 Å². The zero-order valence-corrected chi connectivity index (χ0v) is 36.1. The monoisotopic (exact) mass is 893 g/mol. The molecule has 0 saturated carbocycles. The summed E-state index contributed by atoms with van der Waals surface area (Å²) in [6.45, 7) is 1.34. The topological polar surface area (TPSA) is 307 Å². The standard InChI is InChI=1S/C43H75NO18/c1-3-5-7-9-11-13-14-16-18-20-27(48)26(44-31(49)21-19-17-15-12-10-8-6-4-2)25-57-41-37(55)34(52)39(29(23-46)59-41)62-43-38(56)35(53)40(30(24-47)60-43)61-42-36(54)33(51)32(50)28(22-45)58-42/h3,5,11,13,18,20,26-30,32-43,45-48,50-56H,4,6-10,12,14-17,19,21-25H2,1-2H3,(H,44,49)/b5-3+,13-11+,20-18+. The number of aliphatic hydroxyl groups is 11. The zero-order chi connectivity index (χ0) is 45.6. The minimum absolute atomic E-state index is 0.230. The van der Waals surface area contributed by atoms with Gasteiger partial charge in [-0.15, -0.1) is 0 Å². The molecule has 0 bridgehead atoms. The van der Waals surface area contributed by atoms with Gasteiger partial charge in [0.2, 0.25) is 5.91 Å². The summed E-state index contributed by atoms with van der Waals surface area (Å²) in [5.41, 5.74) is 0. The highest BCUT2D eigenvalue weighted by Crippen LogP contribution is 2.33. The molecule has 0 aromatic heterocycles. The average molecular weight is 894 g/mol. The highest BCUT2D eigenvalue weighted by atomic mass is 16.8. The van der Waals surface area contributed by atoms with Crippen molar-refractivity contribution < 1.29 is 89.4 Å². The van der Waals surface area contributed by atoms with Crippen LogP contribution in [0.15, 0.2) is 36.5 Å². The van der Waals surface area contributed by atoms with E-state index < -0.39 is 124 Å². The number of carbonyl (C=O) groups excluding carboxylic acids is 1. The van der Waals surface area contributed by atoms with Gasteiger partial charge in [0.15, 0.2) is 18.9 Å². The SMILES string of the molecule is C/C=C/CC/C=C/CC/C=C/C(O)C(COC1OC(CO)C(OC2OC(CO)C(OC3OC(CO)C(O)C(O)C3O)C(O)C2O)C(O)C1O)NC(=O)CCCCCCCCCC. The number of unbranched alkanes of at least 4 members (excludes halogenated alkanes) is 9. The fraction of sp³-hybridized carbons (Fsp3) is 0.837. The summed E-state index contributed by atoms with van der Waals surface area (Å²) < 4.78 is 33.9. The predicted molar refractivity (Wildman–Crippen MR) is 222 cm³/mol. The lowest BCUT2D eigenvalue weighted by Crippen LogP contribution is -2.66. The normalized spacial score (nSPS) is 35.5. The Hall–Kier alpha value is -1.99. The molecule has 3 aliphatic heterocycles. The number of nitrogens with one attached hydrogen (secondary N) is 1. The van der Waals surface area contributed by atoms with E-state index in [1.807, 2.05) is 13.0 Å². The molecule has 360 valence electrons. The van der Waals surface area contributed by atoms with Crippen molar-refractivity contribution in [2.45, 2.75) is 202 Å². The van der Waals surface area contributed by atoms with E-state index in [1.54, 1.807) is 12.2 Å². The number of amides is 1. The van der Waals surface area contributed by atoms with Gasteiger partial charge in [0, 0.05) is 6.42 Å². The zero-order valence-electron chi connectivity index (χ0n) is 36.1. The van der Waals surface area contributed by atoms with Crippen LogP contribution in [0.4, 0.5) is 0 Å². The van der Waals surface area contributed by atoms with Gasteiger partial charge in [-0.2, -0.15) is 0 Å². The van der Waals surface area contributed by atoms with Crippen LogP contribution in [0.2, 0.25) is 0 Å². The number of ether oxygens (including phenoxy) is 6. The molecule has 3 saturated heterocycles. The first kappa shape index (κ1) is 54.3. The van der Waals surface area contributed by atoms with Gasteiger partial charge in [-0.25, -0.2) is 0 Å². The van der Waals surface area contributed by atoms with E-state index >= 15 is 0 Å². The van der Waals surface area contributed by atoms with Gasteiger partial charge in [-0.05, 0) is 39.0 Å². The second-order valence-electron chi connectivity index (χ2n) is 16.2. The molecule has 12 N–H and O–H groups in total. The molecule has 3 aliphatic rings. The average Bonchev–Trinajstić information content (AvgIpc) is 3.26. The Morgan fingerprint density at radius 3 is 1.61 bits per heavy atom. The molecule has 3 rings (SSSR count). The van der Waals surface area contributed by atoms with Crippen molar-refractivity contribution in [1.82, 2.24) is 5.32 Å². The Morgan fingerprint density at radius 1 is 0.597 bits per heavy atom. The van der Waals surface area contributed by atoms with Crippen molar-refractivity contribution in [2.75, 3.05) is 26.4 Å². The smallest absolute Gasteiger partial charge is 0.220 e. The largest absolute Gasteiger partial charge is 0.394 e. The van der Waals surface area contributed by atoms with Gasteiger partial charge in [-0.3, -0.25) is 4.79 Å². The maximum Gasteiger partial charge on any atom is 0.220 e. The van der Waals surface area contributed by atoms with Crippen LogP contribution < -0.4 is 5.32 Å². The molecule has 17 atom stereocenters. The molecule has 0 aromatic carbocycles. The molecule has 1 amide bonds. The Morgan fingerprint density at radius 2 is 1.06 bits per heavy atom. The quantitative estimate of drug-likeness (QED) is 0.0334. The van der Waals surface area contributed by atoms with E-state index in [0.717, 1.165) is 44.9 Å². The summed E-state index contributed by atoms with van der Waals surface area (Å²) in [5.74, 6) is -0.303. The van der Waals surface area contributed by atoms with Gasteiger partial charge in [0.25, 0.3) is 0 Å². The lowest BCUT2D eigenvalue weighted by Gasteiger charge is -2.48. The molecule has 3 heterocycles. The van der Waals surface area contributed by atoms with Crippen molar-refractivity contribution >= 4 is 5.91 Å². The van der Waals surface area contributed by atoms with Crippen LogP contribution in [0.3, 0.4) is 0 Å². The second kappa shape index (κ2) is 29.5. The van der Waals surface area contributed by atoms with Crippen molar-refractivity contribution in [3.8, 4) is 0 Å². The number of aliphatic hydroxyl groups excluding tert-OH is 11. The van der Waals surface area contributed by atoms with Crippen LogP contribution in [0.25, 0.3) is 0 Å². The van der Waals surface area contributed by atoms with Crippen LogP contribution in [0.5, 0.6) is 0 Å². The maximum absolute atomic E-state index is 13.0. The maximum atomic E-state index is 13.0. The molecule has 0 aromatic rings. The molecular weight excluding hydrogens is 818 g/mol.